The maximum Gasteiger partial charge on any atom is 0.382 e. The van der Waals surface area contributed by atoms with Crippen LogP contribution in [0.5, 0.6) is 17.2 Å². The van der Waals surface area contributed by atoms with Gasteiger partial charge in [0.15, 0.2) is 5.75 Å². The summed E-state index contributed by atoms with van der Waals surface area (Å²) in [6.45, 7) is 8.98. The molecule has 2 rings (SSSR count). The third-order valence-electron chi connectivity index (χ3n) is 4.52. The van der Waals surface area contributed by atoms with Gasteiger partial charge in [-0.05, 0) is 64.7 Å². The van der Waals surface area contributed by atoms with Gasteiger partial charge < -0.3 is 19.0 Å². The first-order valence-electron chi connectivity index (χ1n) is 10.4. The minimum absolute atomic E-state index is 0.0919. The number of benzene rings is 1. The lowest BCUT2D eigenvalue weighted by Crippen LogP contribution is -2.05. The molecule has 0 saturated carbocycles. The van der Waals surface area contributed by atoms with Crippen molar-refractivity contribution in [3.63, 3.8) is 0 Å². The van der Waals surface area contributed by atoms with Gasteiger partial charge >= 0.3 is 5.63 Å². The summed E-state index contributed by atoms with van der Waals surface area (Å²) >= 11 is 0. The molecule has 2 aromatic rings. The van der Waals surface area contributed by atoms with Gasteiger partial charge in [0.05, 0.1) is 6.61 Å². The Morgan fingerprint density at radius 2 is 1.90 bits per heavy atom. The number of ether oxygens (including phenoxy) is 2. The summed E-state index contributed by atoms with van der Waals surface area (Å²) in [5, 5.41) is 10.8. The smallest absolute Gasteiger partial charge is 0.382 e. The van der Waals surface area contributed by atoms with Crippen LogP contribution in [0.2, 0.25) is 0 Å². The lowest BCUT2D eigenvalue weighted by Gasteiger charge is -2.13. The first-order valence-corrected chi connectivity index (χ1v) is 10.4. The van der Waals surface area contributed by atoms with Crippen molar-refractivity contribution in [1.29, 1.82) is 0 Å². The fourth-order valence-corrected chi connectivity index (χ4v) is 2.92. The highest BCUT2D eigenvalue weighted by molar-refractivity contribution is 5.91. The molecule has 0 unspecified atom stereocenters. The molecule has 1 aromatic carbocycles. The van der Waals surface area contributed by atoms with Crippen molar-refractivity contribution >= 4 is 11.0 Å². The third kappa shape index (κ3) is 6.83. The van der Waals surface area contributed by atoms with Gasteiger partial charge in [0, 0.05) is 0 Å². The van der Waals surface area contributed by atoms with Gasteiger partial charge in [-0.3, -0.25) is 0 Å². The number of rotatable bonds is 11. The maximum atomic E-state index is 12.0. The zero-order valence-corrected chi connectivity index (χ0v) is 18.4. The highest BCUT2D eigenvalue weighted by atomic mass is 16.5. The van der Waals surface area contributed by atoms with E-state index in [9.17, 15) is 9.90 Å². The lowest BCUT2D eigenvalue weighted by atomic mass is 10.1. The van der Waals surface area contributed by atoms with Crippen molar-refractivity contribution in [3.05, 3.63) is 64.1 Å². The molecule has 0 atom stereocenters. The number of fused-ring (bicyclic) bond motifs is 1. The molecule has 0 fully saturated rings. The summed E-state index contributed by atoms with van der Waals surface area (Å²) in [5.41, 5.74) is 1.96. The van der Waals surface area contributed by atoms with Crippen LogP contribution in [0.4, 0.5) is 0 Å². The van der Waals surface area contributed by atoms with Crippen LogP contribution in [0.25, 0.3) is 11.0 Å². The third-order valence-corrected chi connectivity index (χ3v) is 4.52. The van der Waals surface area contributed by atoms with Gasteiger partial charge in [0.25, 0.3) is 0 Å². The molecule has 5 heteroatoms. The van der Waals surface area contributed by atoms with E-state index in [-0.39, 0.29) is 12.4 Å². The fourth-order valence-electron chi connectivity index (χ4n) is 2.92. The summed E-state index contributed by atoms with van der Waals surface area (Å²) in [6.07, 6.45) is 11.9. The molecule has 30 heavy (non-hydrogen) atoms. The molecule has 0 aliphatic carbocycles. The van der Waals surface area contributed by atoms with Crippen LogP contribution < -0.4 is 15.1 Å². The van der Waals surface area contributed by atoms with Gasteiger partial charge in [0.1, 0.15) is 23.3 Å². The highest BCUT2D eigenvalue weighted by Gasteiger charge is 2.19. The molecule has 0 bridgehead atoms. The average molecular weight is 413 g/mol. The summed E-state index contributed by atoms with van der Waals surface area (Å²) in [5.74, 6) is 0.0602. The van der Waals surface area contributed by atoms with E-state index in [1.807, 2.05) is 13.0 Å². The van der Waals surface area contributed by atoms with E-state index in [0.29, 0.717) is 23.3 Å². The van der Waals surface area contributed by atoms with Crippen molar-refractivity contribution in [3.8, 4) is 17.2 Å². The van der Waals surface area contributed by atoms with E-state index in [0.717, 1.165) is 25.7 Å². The van der Waals surface area contributed by atoms with Crippen LogP contribution >= 0.6 is 0 Å². The molecule has 162 valence electrons. The van der Waals surface area contributed by atoms with E-state index in [1.54, 1.807) is 18.2 Å². The fraction of sp³-hybridized carbons (Fsp3) is 0.400. The molecule has 0 spiro atoms. The second-order valence-corrected chi connectivity index (χ2v) is 7.39. The Labute approximate surface area is 178 Å². The molecule has 1 heterocycles. The van der Waals surface area contributed by atoms with Gasteiger partial charge in [-0.1, -0.05) is 42.4 Å². The van der Waals surface area contributed by atoms with Gasteiger partial charge in [0.2, 0.25) is 5.75 Å². The minimum atomic E-state index is -0.829. The van der Waals surface area contributed by atoms with Gasteiger partial charge in [-0.2, -0.15) is 0 Å². The standard InChI is InChI=1S/C25H32O5/c1-5-6-7-8-16-28-20-13-10-14-21-22(20)24(23(26)25(27)30-21)29-17-15-19(4)12-9-11-18(2)3/h6-7,10-11,13-15,26H,5,8-9,12,16-17H2,1-4H3/b7-6?,19-15+. The summed E-state index contributed by atoms with van der Waals surface area (Å²) in [7, 11) is 0. The van der Waals surface area contributed by atoms with Crippen molar-refractivity contribution in [1.82, 2.24) is 0 Å². The monoisotopic (exact) mass is 412 g/mol. The Bertz CT molecular complexity index is 975. The van der Waals surface area contributed by atoms with Crippen LogP contribution in [-0.4, -0.2) is 18.3 Å². The van der Waals surface area contributed by atoms with Crippen LogP contribution in [0.15, 0.2) is 62.9 Å². The highest BCUT2D eigenvalue weighted by Crippen LogP contribution is 2.38. The van der Waals surface area contributed by atoms with Crippen molar-refractivity contribution in [2.24, 2.45) is 0 Å². The first-order chi connectivity index (χ1) is 14.4. The van der Waals surface area contributed by atoms with Crippen LogP contribution in [-0.2, 0) is 0 Å². The van der Waals surface area contributed by atoms with E-state index >= 15 is 0 Å². The largest absolute Gasteiger partial charge is 0.499 e. The van der Waals surface area contributed by atoms with E-state index in [1.165, 1.54) is 11.1 Å². The Hall–Kier alpha value is -2.95. The topological polar surface area (TPSA) is 68.9 Å². The molecule has 0 aliphatic heterocycles. The van der Waals surface area contributed by atoms with Crippen LogP contribution in [0.3, 0.4) is 0 Å². The normalized spacial score (nSPS) is 11.8. The maximum absolute atomic E-state index is 12.0. The predicted octanol–water partition coefficient (Wildman–Crippen LogP) is 6.31. The summed E-state index contributed by atoms with van der Waals surface area (Å²) < 4.78 is 16.9. The summed E-state index contributed by atoms with van der Waals surface area (Å²) in [4.78, 5) is 12.0. The van der Waals surface area contributed by atoms with E-state index in [4.69, 9.17) is 13.9 Å². The molecule has 0 amide bonds. The number of allylic oxidation sites excluding steroid dienone is 4. The van der Waals surface area contributed by atoms with E-state index in [2.05, 4.69) is 39.0 Å². The molecular formula is C25H32O5. The zero-order valence-electron chi connectivity index (χ0n) is 18.4. The predicted molar refractivity (Wildman–Crippen MR) is 122 cm³/mol. The quantitative estimate of drug-likeness (QED) is 0.266. The molecule has 5 nitrogen and oxygen atoms in total. The Morgan fingerprint density at radius 3 is 2.63 bits per heavy atom. The second kappa shape index (κ2) is 11.9. The Balaban J connectivity index is 2.22. The average Bonchev–Trinajstić information content (AvgIpc) is 2.70. The van der Waals surface area contributed by atoms with Crippen molar-refractivity contribution in [2.75, 3.05) is 13.2 Å². The molecule has 1 aromatic heterocycles. The van der Waals surface area contributed by atoms with Gasteiger partial charge in [-0.25, -0.2) is 4.79 Å². The Morgan fingerprint density at radius 1 is 1.10 bits per heavy atom. The molecule has 1 N–H and O–H groups in total. The zero-order chi connectivity index (χ0) is 21.9. The van der Waals surface area contributed by atoms with E-state index < -0.39 is 11.4 Å². The van der Waals surface area contributed by atoms with Crippen LogP contribution in [0.1, 0.15) is 53.4 Å². The van der Waals surface area contributed by atoms with Crippen molar-refractivity contribution in [2.45, 2.75) is 53.4 Å². The molecule has 0 radical (unpaired) electrons. The van der Waals surface area contributed by atoms with Crippen molar-refractivity contribution < 1.29 is 19.0 Å². The summed E-state index contributed by atoms with van der Waals surface area (Å²) in [6, 6.07) is 5.18. The molecule has 0 aliphatic rings. The first kappa shape index (κ1) is 23.3. The second-order valence-electron chi connectivity index (χ2n) is 7.39. The molecular weight excluding hydrogens is 380 g/mol. The number of hydrogen-bond donors (Lipinski definition) is 1. The minimum Gasteiger partial charge on any atom is -0.499 e. The number of hydrogen-bond acceptors (Lipinski definition) is 5. The number of aromatic hydroxyl groups is 1. The van der Waals surface area contributed by atoms with Crippen LogP contribution in [0, 0.1) is 0 Å². The molecule has 0 saturated heterocycles. The Kier molecular flexibility index (Phi) is 9.26. The lowest BCUT2D eigenvalue weighted by molar-refractivity contribution is 0.314. The van der Waals surface area contributed by atoms with Gasteiger partial charge in [-0.15, -0.1) is 0 Å². The SMILES string of the molecule is CCC=CCCOc1cccc2oc(=O)c(O)c(OC/C=C(\C)CCC=C(C)C)c12.